The predicted octanol–water partition coefficient (Wildman–Crippen LogP) is 4.42. The molecule has 2 aromatic rings. The van der Waals surface area contributed by atoms with Crippen LogP contribution in [0.1, 0.15) is 15.9 Å². The van der Waals surface area contributed by atoms with Crippen molar-refractivity contribution >= 4 is 39.1 Å². The lowest BCUT2D eigenvalue weighted by molar-refractivity contribution is 0.102. The minimum Gasteiger partial charge on any atom is -0.322 e. The normalized spacial score (nSPS) is 10.7. The molecule has 0 fully saturated rings. The number of anilines is 1. The van der Waals surface area contributed by atoms with Gasteiger partial charge in [0.05, 0.1) is 5.02 Å². The molecule has 0 atom stereocenters. The number of nitrogens with one attached hydrogen (secondary N) is 1. The molecule has 0 unspecified atom stereocenters. The van der Waals surface area contributed by atoms with Crippen LogP contribution in [0.25, 0.3) is 0 Å². The second kappa shape index (κ2) is 7.07. The summed E-state index contributed by atoms with van der Waals surface area (Å²) in [4.78, 5) is 14.3. The van der Waals surface area contributed by atoms with Crippen LogP contribution in [0.15, 0.2) is 46.9 Å². The third-order valence-electron chi connectivity index (χ3n) is 2.89. The zero-order valence-corrected chi connectivity index (χ0v) is 14.2. The van der Waals surface area contributed by atoms with Crippen LogP contribution in [0.3, 0.4) is 0 Å². The number of hydrogen-bond donors (Lipinski definition) is 1. The van der Waals surface area contributed by atoms with Crippen molar-refractivity contribution in [3.63, 3.8) is 0 Å². The number of benzene rings is 2. The molecule has 0 heterocycles. The Morgan fingerprint density at radius 3 is 2.43 bits per heavy atom. The fraction of sp³-hybridized carbons (Fsp3) is 0.188. The molecule has 3 nitrogen and oxygen atoms in total. The van der Waals surface area contributed by atoms with Gasteiger partial charge in [0.15, 0.2) is 0 Å². The second-order valence-electron chi connectivity index (χ2n) is 5.02. The summed E-state index contributed by atoms with van der Waals surface area (Å²) in [6.45, 7) is 0.873. The summed E-state index contributed by atoms with van der Waals surface area (Å²) < 4.78 is 0.707. The molecule has 1 N–H and O–H groups in total. The van der Waals surface area contributed by atoms with Gasteiger partial charge in [0.25, 0.3) is 5.91 Å². The molecule has 0 aliphatic heterocycles. The van der Waals surface area contributed by atoms with Gasteiger partial charge in [0, 0.05) is 22.3 Å². The van der Waals surface area contributed by atoms with Gasteiger partial charge < -0.3 is 10.2 Å². The highest BCUT2D eigenvalue weighted by Gasteiger charge is 2.08. The molecule has 21 heavy (non-hydrogen) atoms. The van der Waals surface area contributed by atoms with E-state index in [4.69, 9.17) is 11.6 Å². The Labute approximate surface area is 138 Å². The highest BCUT2D eigenvalue weighted by molar-refractivity contribution is 9.10. The Hall–Kier alpha value is -1.36. The van der Waals surface area contributed by atoms with E-state index in [1.54, 1.807) is 18.2 Å². The van der Waals surface area contributed by atoms with Gasteiger partial charge in [0.2, 0.25) is 0 Å². The third kappa shape index (κ3) is 4.56. The van der Waals surface area contributed by atoms with Crippen LogP contribution in [0.4, 0.5) is 5.69 Å². The van der Waals surface area contributed by atoms with Crippen LogP contribution >= 0.6 is 27.5 Å². The summed E-state index contributed by atoms with van der Waals surface area (Å²) in [7, 11) is 4.04. The van der Waals surface area contributed by atoms with E-state index in [1.165, 1.54) is 5.56 Å². The zero-order valence-electron chi connectivity index (χ0n) is 11.9. The van der Waals surface area contributed by atoms with Crippen molar-refractivity contribution in [2.24, 2.45) is 0 Å². The molecule has 0 aromatic heterocycles. The van der Waals surface area contributed by atoms with Crippen LogP contribution in [0.5, 0.6) is 0 Å². The first-order valence-electron chi connectivity index (χ1n) is 6.46. The Morgan fingerprint density at radius 2 is 1.86 bits per heavy atom. The fourth-order valence-electron chi connectivity index (χ4n) is 1.90. The second-order valence-corrected chi connectivity index (χ2v) is 6.28. The lowest BCUT2D eigenvalue weighted by Gasteiger charge is -2.11. The molecule has 2 aromatic carbocycles. The van der Waals surface area contributed by atoms with Gasteiger partial charge in [0.1, 0.15) is 0 Å². The van der Waals surface area contributed by atoms with E-state index in [0.29, 0.717) is 15.1 Å². The molecule has 1 amide bonds. The molecule has 0 aliphatic carbocycles. The molecule has 0 radical (unpaired) electrons. The quantitative estimate of drug-likeness (QED) is 0.868. The van der Waals surface area contributed by atoms with Crippen LogP contribution in [0.2, 0.25) is 5.02 Å². The van der Waals surface area contributed by atoms with Gasteiger partial charge in [-0.1, -0.05) is 23.7 Å². The fourth-order valence-corrected chi connectivity index (χ4v) is 2.40. The minimum absolute atomic E-state index is 0.160. The number of carbonyl (C=O) groups is 1. The van der Waals surface area contributed by atoms with Crippen molar-refractivity contribution in [2.45, 2.75) is 6.54 Å². The van der Waals surface area contributed by atoms with Crippen molar-refractivity contribution in [3.05, 3.63) is 63.1 Å². The van der Waals surface area contributed by atoms with Gasteiger partial charge in [-0.05, 0) is 65.9 Å². The molecule has 0 saturated heterocycles. The number of carbonyl (C=O) groups excluding carboxylic acids is 1. The summed E-state index contributed by atoms with van der Waals surface area (Å²) in [5.74, 6) is -0.160. The summed E-state index contributed by atoms with van der Waals surface area (Å²) in [5, 5.41) is 3.45. The Bertz CT molecular complexity index is 641. The smallest absolute Gasteiger partial charge is 0.255 e. The summed E-state index contributed by atoms with van der Waals surface area (Å²) in [5.41, 5.74) is 2.53. The third-order valence-corrected chi connectivity index (χ3v) is 4.11. The largest absolute Gasteiger partial charge is 0.322 e. The van der Waals surface area contributed by atoms with Crippen LogP contribution in [0, 0.1) is 0 Å². The van der Waals surface area contributed by atoms with Gasteiger partial charge >= 0.3 is 0 Å². The molecule has 5 heteroatoms. The average Bonchev–Trinajstić information content (AvgIpc) is 2.43. The zero-order chi connectivity index (χ0) is 15.4. The molecule has 0 aliphatic rings. The predicted molar refractivity (Wildman–Crippen MR) is 90.9 cm³/mol. The average molecular weight is 368 g/mol. The Morgan fingerprint density at radius 1 is 1.19 bits per heavy atom. The SMILES string of the molecule is CN(C)Cc1ccc(NC(=O)c2ccc(Cl)c(Br)c2)cc1. The Balaban J connectivity index is 2.06. The van der Waals surface area contributed by atoms with E-state index in [1.807, 2.05) is 38.4 Å². The maximum absolute atomic E-state index is 12.2. The molecule has 110 valence electrons. The summed E-state index contributed by atoms with van der Waals surface area (Å²) in [6.07, 6.45) is 0. The van der Waals surface area contributed by atoms with Crippen molar-refractivity contribution in [1.82, 2.24) is 4.90 Å². The van der Waals surface area contributed by atoms with E-state index in [-0.39, 0.29) is 5.91 Å². The maximum atomic E-state index is 12.2. The summed E-state index contributed by atoms with van der Waals surface area (Å²) in [6, 6.07) is 12.9. The molecule has 0 spiro atoms. The highest BCUT2D eigenvalue weighted by Crippen LogP contribution is 2.23. The minimum atomic E-state index is -0.160. The van der Waals surface area contributed by atoms with Gasteiger partial charge in [-0.25, -0.2) is 0 Å². The standard InChI is InChI=1S/C16H16BrClN2O/c1-20(2)10-11-3-6-13(7-4-11)19-16(21)12-5-8-15(18)14(17)9-12/h3-9H,10H2,1-2H3,(H,19,21). The van der Waals surface area contributed by atoms with Crippen molar-refractivity contribution in [2.75, 3.05) is 19.4 Å². The first-order chi connectivity index (χ1) is 9.95. The number of halogens is 2. The maximum Gasteiger partial charge on any atom is 0.255 e. The molecule has 0 bridgehead atoms. The van der Waals surface area contributed by atoms with Crippen LogP contribution in [-0.4, -0.2) is 24.9 Å². The number of hydrogen-bond acceptors (Lipinski definition) is 2. The monoisotopic (exact) mass is 366 g/mol. The van der Waals surface area contributed by atoms with Crippen molar-refractivity contribution in [1.29, 1.82) is 0 Å². The van der Waals surface area contributed by atoms with E-state index >= 15 is 0 Å². The van der Waals surface area contributed by atoms with E-state index in [2.05, 4.69) is 26.1 Å². The first-order valence-corrected chi connectivity index (χ1v) is 7.63. The van der Waals surface area contributed by atoms with E-state index in [9.17, 15) is 4.79 Å². The van der Waals surface area contributed by atoms with Crippen molar-refractivity contribution < 1.29 is 4.79 Å². The van der Waals surface area contributed by atoms with Crippen LogP contribution in [-0.2, 0) is 6.54 Å². The van der Waals surface area contributed by atoms with Gasteiger partial charge in [-0.15, -0.1) is 0 Å². The van der Waals surface area contributed by atoms with Gasteiger partial charge in [-0.2, -0.15) is 0 Å². The topological polar surface area (TPSA) is 32.3 Å². The lowest BCUT2D eigenvalue weighted by atomic mass is 10.1. The number of rotatable bonds is 4. The number of nitrogens with zero attached hydrogens (tertiary/aromatic N) is 1. The first kappa shape index (κ1) is 16.0. The number of amides is 1. The summed E-state index contributed by atoms with van der Waals surface area (Å²) >= 11 is 9.24. The van der Waals surface area contributed by atoms with Crippen molar-refractivity contribution in [3.8, 4) is 0 Å². The molecule has 0 saturated carbocycles. The lowest BCUT2D eigenvalue weighted by Crippen LogP contribution is -2.13. The van der Waals surface area contributed by atoms with E-state index < -0.39 is 0 Å². The molecular formula is C16H16BrClN2O. The molecule has 2 rings (SSSR count). The Kier molecular flexibility index (Phi) is 5.39. The van der Waals surface area contributed by atoms with E-state index in [0.717, 1.165) is 12.2 Å². The van der Waals surface area contributed by atoms with Crippen LogP contribution < -0.4 is 5.32 Å². The molecular weight excluding hydrogens is 352 g/mol. The van der Waals surface area contributed by atoms with Gasteiger partial charge in [-0.3, -0.25) is 4.79 Å². The highest BCUT2D eigenvalue weighted by atomic mass is 79.9.